The van der Waals surface area contributed by atoms with Crippen molar-refractivity contribution in [2.45, 2.75) is 58.5 Å². The Balaban J connectivity index is 1.73. The van der Waals surface area contributed by atoms with Gasteiger partial charge in [-0.25, -0.2) is 0 Å². The number of fused-ring (bicyclic) bond motifs is 4. The van der Waals surface area contributed by atoms with E-state index in [4.69, 9.17) is 4.74 Å². The highest BCUT2D eigenvalue weighted by Gasteiger charge is 2.53. The fourth-order valence-electron chi connectivity index (χ4n) is 5.36. The highest BCUT2D eigenvalue weighted by molar-refractivity contribution is 5.93. The molecule has 0 aromatic carbocycles. The molecule has 0 unspecified atom stereocenters. The van der Waals surface area contributed by atoms with Gasteiger partial charge in [0.2, 0.25) is 0 Å². The van der Waals surface area contributed by atoms with Crippen molar-refractivity contribution in [3.63, 3.8) is 0 Å². The number of carbonyl (C=O) groups is 2. The molecule has 0 bridgehead atoms. The maximum Gasteiger partial charge on any atom is 0.302 e. The van der Waals surface area contributed by atoms with E-state index >= 15 is 0 Å². The van der Waals surface area contributed by atoms with E-state index in [0.717, 1.165) is 32.1 Å². The van der Waals surface area contributed by atoms with Crippen molar-refractivity contribution in [1.82, 2.24) is 0 Å². The minimum atomic E-state index is -0.172. The smallest absolute Gasteiger partial charge is 0.302 e. The fourth-order valence-corrected chi connectivity index (χ4v) is 5.36. The molecule has 0 spiro atoms. The van der Waals surface area contributed by atoms with Crippen LogP contribution in [0.3, 0.4) is 0 Å². The predicted octanol–water partition coefficient (Wildman–Crippen LogP) is 3.90. The maximum absolute atomic E-state index is 11.7. The zero-order valence-corrected chi connectivity index (χ0v) is 13.9. The molecular formula is C20H24O3. The van der Waals surface area contributed by atoms with Gasteiger partial charge in [0.1, 0.15) is 6.10 Å². The molecule has 0 aliphatic heterocycles. The molecule has 1 fully saturated rings. The Labute approximate surface area is 137 Å². The number of hydrogen-bond donors (Lipinski definition) is 0. The van der Waals surface area contributed by atoms with Gasteiger partial charge in [-0.1, -0.05) is 19.1 Å². The van der Waals surface area contributed by atoms with Gasteiger partial charge in [0, 0.05) is 18.8 Å². The lowest BCUT2D eigenvalue weighted by molar-refractivity contribution is -0.150. The van der Waals surface area contributed by atoms with E-state index in [1.54, 1.807) is 0 Å². The number of rotatable bonds is 1. The van der Waals surface area contributed by atoms with Crippen molar-refractivity contribution < 1.29 is 14.3 Å². The Morgan fingerprint density at radius 1 is 1.22 bits per heavy atom. The van der Waals surface area contributed by atoms with Crippen LogP contribution in [0, 0.1) is 17.3 Å². The molecule has 3 heteroatoms. The van der Waals surface area contributed by atoms with Crippen LogP contribution >= 0.6 is 0 Å². The molecule has 4 atom stereocenters. The van der Waals surface area contributed by atoms with Gasteiger partial charge in [-0.05, 0) is 66.7 Å². The summed E-state index contributed by atoms with van der Waals surface area (Å²) in [5.41, 5.74) is 4.12. The summed E-state index contributed by atoms with van der Waals surface area (Å²) in [6.07, 6.45) is 12.2. The zero-order valence-electron chi connectivity index (χ0n) is 13.9. The number of hydrogen-bond acceptors (Lipinski definition) is 3. The molecule has 4 aliphatic rings. The quantitative estimate of drug-likeness (QED) is 0.690. The third-order valence-corrected chi connectivity index (χ3v) is 6.47. The van der Waals surface area contributed by atoms with Crippen molar-refractivity contribution in [2.75, 3.05) is 0 Å². The molecule has 0 aromatic heterocycles. The summed E-state index contributed by atoms with van der Waals surface area (Å²) in [6.45, 7) is 3.76. The molecule has 0 saturated heterocycles. The van der Waals surface area contributed by atoms with Crippen molar-refractivity contribution in [3.8, 4) is 0 Å². The summed E-state index contributed by atoms with van der Waals surface area (Å²) in [4.78, 5) is 23.1. The van der Waals surface area contributed by atoms with Crippen LogP contribution < -0.4 is 0 Å². The van der Waals surface area contributed by atoms with E-state index in [1.807, 2.05) is 6.08 Å². The highest BCUT2D eigenvalue weighted by Crippen LogP contribution is 2.57. The van der Waals surface area contributed by atoms with Gasteiger partial charge in [0.05, 0.1) is 0 Å². The van der Waals surface area contributed by atoms with Crippen LogP contribution in [-0.4, -0.2) is 17.9 Å². The third kappa shape index (κ3) is 2.24. The molecule has 3 nitrogen and oxygen atoms in total. The van der Waals surface area contributed by atoms with Crippen molar-refractivity contribution in [3.05, 3.63) is 34.9 Å². The first-order valence-corrected chi connectivity index (χ1v) is 8.82. The molecule has 0 N–H and O–H groups in total. The highest BCUT2D eigenvalue weighted by atomic mass is 16.5. The SMILES string of the molecule is CC(=O)O[C@H]1CC[C@@H]2[C@@H]3CCC4=CC(=O)CCC4=C3C=C[C@@]12C. The van der Waals surface area contributed by atoms with Gasteiger partial charge in [-0.15, -0.1) is 0 Å². The second kappa shape index (κ2) is 5.19. The fraction of sp³-hybridized carbons (Fsp3) is 0.600. The topological polar surface area (TPSA) is 43.4 Å². The normalized spacial score (nSPS) is 38.6. The molecule has 122 valence electrons. The van der Waals surface area contributed by atoms with E-state index < -0.39 is 0 Å². The van der Waals surface area contributed by atoms with Crippen LogP contribution in [0.5, 0.6) is 0 Å². The second-order valence-corrected chi connectivity index (χ2v) is 7.70. The molecular weight excluding hydrogens is 288 g/mol. The zero-order chi connectivity index (χ0) is 16.2. The van der Waals surface area contributed by atoms with Crippen LogP contribution in [0.25, 0.3) is 0 Å². The predicted molar refractivity (Wildman–Crippen MR) is 87.6 cm³/mol. The number of esters is 1. The Morgan fingerprint density at radius 3 is 2.83 bits per heavy atom. The molecule has 0 amide bonds. The first kappa shape index (κ1) is 14.9. The molecule has 1 saturated carbocycles. The summed E-state index contributed by atoms with van der Waals surface area (Å²) >= 11 is 0. The summed E-state index contributed by atoms with van der Waals surface area (Å²) in [7, 11) is 0. The first-order valence-electron chi connectivity index (χ1n) is 8.82. The van der Waals surface area contributed by atoms with E-state index in [2.05, 4.69) is 19.1 Å². The molecule has 0 heterocycles. The van der Waals surface area contributed by atoms with E-state index in [9.17, 15) is 9.59 Å². The van der Waals surface area contributed by atoms with Crippen LogP contribution in [0.2, 0.25) is 0 Å². The average Bonchev–Trinajstić information content (AvgIpc) is 2.83. The summed E-state index contributed by atoms with van der Waals surface area (Å²) in [6, 6.07) is 0. The van der Waals surface area contributed by atoms with Crippen LogP contribution in [0.15, 0.2) is 34.9 Å². The lowest BCUT2D eigenvalue weighted by Crippen LogP contribution is -2.40. The first-order chi connectivity index (χ1) is 11.0. The average molecular weight is 312 g/mol. The van der Waals surface area contributed by atoms with Gasteiger partial charge >= 0.3 is 5.97 Å². The minimum Gasteiger partial charge on any atom is -0.462 e. The Morgan fingerprint density at radius 2 is 2.04 bits per heavy atom. The lowest BCUT2D eigenvalue weighted by atomic mass is 9.60. The monoisotopic (exact) mass is 312 g/mol. The number of allylic oxidation sites excluding steroid dienone is 5. The molecule has 23 heavy (non-hydrogen) atoms. The number of ether oxygens (including phenoxy) is 1. The van der Waals surface area contributed by atoms with E-state index in [1.165, 1.54) is 23.6 Å². The molecule has 0 aromatic rings. The van der Waals surface area contributed by atoms with Crippen molar-refractivity contribution in [2.24, 2.45) is 17.3 Å². The largest absolute Gasteiger partial charge is 0.462 e. The standard InChI is InChI=1S/C20H24O3/c1-12(21)23-19-8-7-18-17-5-3-13-11-14(22)4-6-15(13)16(17)9-10-20(18,19)2/h9-11,17-19H,3-8H2,1-2H3/t17-,18-,19+,20-/m1/s1. The van der Waals surface area contributed by atoms with Gasteiger partial charge < -0.3 is 4.74 Å². The summed E-state index contributed by atoms with van der Waals surface area (Å²) < 4.78 is 5.62. The number of ketones is 1. The Hall–Kier alpha value is -1.64. The molecule has 0 radical (unpaired) electrons. The van der Waals surface area contributed by atoms with E-state index in [0.29, 0.717) is 18.3 Å². The van der Waals surface area contributed by atoms with Gasteiger partial charge in [-0.2, -0.15) is 0 Å². The molecule has 4 aliphatic carbocycles. The van der Waals surface area contributed by atoms with Crippen LogP contribution in [-0.2, 0) is 14.3 Å². The van der Waals surface area contributed by atoms with Gasteiger partial charge in [-0.3, -0.25) is 9.59 Å². The second-order valence-electron chi connectivity index (χ2n) is 7.70. The lowest BCUT2D eigenvalue weighted by Gasteiger charge is -2.45. The van der Waals surface area contributed by atoms with E-state index in [-0.39, 0.29) is 23.3 Å². The van der Waals surface area contributed by atoms with Crippen LogP contribution in [0.1, 0.15) is 52.4 Å². The third-order valence-electron chi connectivity index (χ3n) is 6.47. The maximum atomic E-state index is 11.7. The summed E-state index contributed by atoms with van der Waals surface area (Å²) in [5.74, 6) is 1.22. The Bertz CT molecular complexity index is 666. The summed E-state index contributed by atoms with van der Waals surface area (Å²) in [5, 5.41) is 0. The Kier molecular flexibility index (Phi) is 3.36. The van der Waals surface area contributed by atoms with Crippen molar-refractivity contribution >= 4 is 11.8 Å². The minimum absolute atomic E-state index is 0.0117. The van der Waals surface area contributed by atoms with Gasteiger partial charge in [0.25, 0.3) is 0 Å². The number of carbonyl (C=O) groups excluding carboxylic acids is 2. The van der Waals surface area contributed by atoms with Crippen LogP contribution in [0.4, 0.5) is 0 Å². The van der Waals surface area contributed by atoms with Gasteiger partial charge in [0.15, 0.2) is 5.78 Å². The van der Waals surface area contributed by atoms with Crippen molar-refractivity contribution in [1.29, 1.82) is 0 Å². The molecule has 4 rings (SSSR count).